The van der Waals surface area contributed by atoms with Crippen LogP contribution in [-0.4, -0.2) is 47.0 Å². The minimum Gasteiger partial charge on any atom is -0.337 e. The fraction of sp³-hybridized carbons (Fsp3) is 0.818. The lowest BCUT2D eigenvalue weighted by Gasteiger charge is -2.17. The average Bonchev–Trinajstić information content (AvgIpc) is 2.15. The van der Waals surface area contributed by atoms with Crippen molar-refractivity contribution in [1.82, 2.24) is 9.80 Å². The van der Waals surface area contributed by atoms with Gasteiger partial charge in [-0.25, -0.2) is 0 Å². The SMILES string of the molecule is CC(C)CN(C)C(=O)S.CC(C)N(C)C(=O)S. The zero-order valence-electron chi connectivity index (χ0n) is 11.5. The smallest absolute Gasteiger partial charge is 0.278 e. The monoisotopic (exact) mass is 280 g/mol. The molecule has 0 radical (unpaired) electrons. The van der Waals surface area contributed by atoms with Gasteiger partial charge in [0.15, 0.2) is 0 Å². The minimum absolute atomic E-state index is 0.163. The Hall–Kier alpha value is -0.360. The number of hydrogen-bond acceptors (Lipinski definition) is 2. The highest BCUT2D eigenvalue weighted by Crippen LogP contribution is 1.98. The molecule has 4 nitrogen and oxygen atoms in total. The van der Waals surface area contributed by atoms with Gasteiger partial charge in [-0.05, 0) is 19.8 Å². The summed E-state index contributed by atoms with van der Waals surface area (Å²) in [6, 6.07) is 0.250. The van der Waals surface area contributed by atoms with Crippen molar-refractivity contribution in [3.05, 3.63) is 0 Å². The molecule has 0 bridgehead atoms. The highest BCUT2D eigenvalue weighted by Gasteiger charge is 2.05. The van der Waals surface area contributed by atoms with Crippen molar-refractivity contribution >= 4 is 35.7 Å². The molecule has 0 aliphatic rings. The van der Waals surface area contributed by atoms with E-state index in [-0.39, 0.29) is 16.5 Å². The van der Waals surface area contributed by atoms with E-state index in [1.807, 2.05) is 13.8 Å². The second-order valence-electron chi connectivity index (χ2n) is 4.54. The Labute approximate surface area is 116 Å². The summed E-state index contributed by atoms with van der Waals surface area (Å²) < 4.78 is 0. The maximum atomic E-state index is 10.5. The maximum absolute atomic E-state index is 10.5. The minimum atomic E-state index is -0.181. The fourth-order valence-corrected chi connectivity index (χ4v) is 1.16. The summed E-state index contributed by atoms with van der Waals surface area (Å²) in [4.78, 5) is 24.0. The van der Waals surface area contributed by atoms with Crippen LogP contribution in [0.3, 0.4) is 0 Å². The Morgan fingerprint density at radius 3 is 1.47 bits per heavy atom. The summed E-state index contributed by atoms with van der Waals surface area (Å²) in [5, 5.41) is -0.344. The molecule has 0 N–H and O–H groups in total. The molecule has 2 amide bonds. The van der Waals surface area contributed by atoms with Crippen LogP contribution in [0.4, 0.5) is 9.59 Å². The fourth-order valence-electron chi connectivity index (χ4n) is 0.847. The lowest BCUT2D eigenvalue weighted by atomic mass is 10.2. The van der Waals surface area contributed by atoms with E-state index in [0.717, 1.165) is 6.54 Å². The quantitative estimate of drug-likeness (QED) is 0.780. The van der Waals surface area contributed by atoms with Crippen LogP contribution in [0.25, 0.3) is 0 Å². The van der Waals surface area contributed by atoms with Crippen LogP contribution in [0.5, 0.6) is 0 Å². The number of thiol groups is 2. The van der Waals surface area contributed by atoms with Crippen molar-refractivity contribution in [2.24, 2.45) is 5.92 Å². The van der Waals surface area contributed by atoms with Gasteiger partial charge in [0.1, 0.15) is 0 Å². The summed E-state index contributed by atoms with van der Waals surface area (Å²) >= 11 is 7.27. The van der Waals surface area contributed by atoms with E-state index >= 15 is 0 Å². The summed E-state index contributed by atoms with van der Waals surface area (Å²) in [5.74, 6) is 0.520. The molecule has 17 heavy (non-hydrogen) atoms. The van der Waals surface area contributed by atoms with E-state index in [1.165, 1.54) is 0 Å². The standard InChI is InChI=1S/C6H13NOS.C5H11NOS/c1-5(2)4-7(3)6(8)9;1-4(2)6(3)5(7)8/h5H,4H2,1-3H3,(H,8,9);4H,1-3H3,(H,7,8). The second kappa shape index (κ2) is 9.65. The van der Waals surface area contributed by atoms with E-state index < -0.39 is 0 Å². The Morgan fingerprint density at radius 1 is 1.00 bits per heavy atom. The van der Waals surface area contributed by atoms with Crippen LogP contribution in [0.1, 0.15) is 27.7 Å². The maximum Gasteiger partial charge on any atom is 0.278 e. The second-order valence-corrected chi connectivity index (χ2v) is 5.31. The molecule has 0 unspecified atom stereocenters. The molecule has 102 valence electrons. The van der Waals surface area contributed by atoms with Gasteiger partial charge in [-0.15, -0.1) is 0 Å². The van der Waals surface area contributed by atoms with Crippen molar-refractivity contribution in [3.63, 3.8) is 0 Å². The van der Waals surface area contributed by atoms with E-state index in [9.17, 15) is 9.59 Å². The van der Waals surface area contributed by atoms with Crippen molar-refractivity contribution in [2.45, 2.75) is 33.7 Å². The highest BCUT2D eigenvalue weighted by atomic mass is 32.1. The molecule has 0 aromatic rings. The van der Waals surface area contributed by atoms with Crippen molar-refractivity contribution in [3.8, 4) is 0 Å². The summed E-state index contributed by atoms with van der Waals surface area (Å²) in [5.41, 5.74) is 0. The number of rotatable bonds is 3. The number of nitrogens with zero attached hydrogens (tertiary/aromatic N) is 2. The number of carbonyl (C=O) groups excluding carboxylic acids is 2. The molecule has 0 fully saturated rings. The van der Waals surface area contributed by atoms with Gasteiger partial charge in [-0.1, -0.05) is 39.1 Å². The van der Waals surface area contributed by atoms with Crippen LogP contribution in [-0.2, 0) is 0 Å². The molecule has 0 saturated carbocycles. The molecule has 0 spiro atoms. The molecule has 0 aromatic heterocycles. The van der Waals surface area contributed by atoms with Crippen molar-refractivity contribution in [2.75, 3.05) is 20.6 Å². The third-order valence-corrected chi connectivity index (χ3v) is 2.70. The lowest BCUT2D eigenvalue weighted by molar-refractivity contribution is 0.223. The van der Waals surface area contributed by atoms with Crippen LogP contribution >= 0.6 is 25.3 Å². The van der Waals surface area contributed by atoms with Gasteiger partial charge in [-0.3, -0.25) is 9.59 Å². The first-order valence-corrected chi connectivity index (χ1v) is 6.38. The molecule has 6 heteroatoms. The van der Waals surface area contributed by atoms with Gasteiger partial charge in [0.05, 0.1) is 0 Å². The van der Waals surface area contributed by atoms with Gasteiger partial charge >= 0.3 is 0 Å². The molecule has 0 aliphatic heterocycles. The highest BCUT2D eigenvalue weighted by molar-refractivity contribution is 7.96. The van der Waals surface area contributed by atoms with Crippen LogP contribution in [0.2, 0.25) is 0 Å². The van der Waals surface area contributed by atoms with Gasteiger partial charge in [0.25, 0.3) is 10.5 Å². The zero-order valence-corrected chi connectivity index (χ0v) is 13.3. The van der Waals surface area contributed by atoms with Crippen molar-refractivity contribution < 1.29 is 9.59 Å². The molecule has 0 heterocycles. The topological polar surface area (TPSA) is 40.6 Å². The summed E-state index contributed by atoms with van der Waals surface area (Å²) in [7, 11) is 3.47. The lowest BCUT2D eigenvalue weighted by Crippen LogP contribution is -2.28. The van der Waals surface area contributed by atoms with E-state index in [1.54, 1.807) is 23.9 Å². The molecule has 0 aliphatic carbocycles. The van der Waals surface area contributed by atoms with Crippen LogP contribution in [0.15, 0.2) is 0 Å². The van der Waals surface area contributed by atoms with Gasteiger partial charge in [-0.2, -0.15) is 0 Å². The number of hydrogen-bond donors (Lipinski definition) is 2. The Kier molecular flexibility index (Phi) is 10.8. The van der Waals surface area contributed by atoms with Gasteiger partial charge in [0.2, 0.25) is 0 Å². The van der Waals surface area contributed by atoms with E-state index in [0.29, 0.717) is 5.92 Å². The van der Waals surface area contributed by atoms with Gasteiger partial charge in [0, 0.05) is 26.7 Å². The first-order chi connectivity index (χ1) is 7.59. The first-order valence-electron chi connectivity index (χ1n) is 5.49. The zero-order chi connectivity index (χ0) is 14.2. The molecular weight excluding hydrogens is 256 g/mol. The summed E-state index contributed by atoms with van der Waals surface area (Å²) in [6.07, 6.45) is 0. The average molecular weight is 280 g/mol. The number of carbonyl (C=O) groups is 2. The first kappa shape index (κ1) is 19.0. The molecule has 0 aromatic carbocycles. The Morgan fingerprint density at radius 2 is 1.41 bits per heavy atom. The largest absolute Gasteiger partial charge is 0.337 e. The third-order valence-electron chi connectivity index (χ3n) is 2.04. The predicted molar refractivity (Wildman–Crippen MR) is 79.1 cm³/mol. The molecule has 0 atom stereocenters. The normalized spacial score (nSPS) is 9.76. The number of amides is 2. The molecule has 0 rings (SSSR count). The third kappa shape index (κ3) is 11.9. The predicted octanol–water partition coefficient (Wildman–Crippen LogP) is 3.00. The Balaban J connectivity index is 0. The van der Waals surface area contributed by atoms with Gasteiger partial charge < -0.3 is 9.80 Å². The summed E-state index contributed by atoms with van der Waals surface area (Å²) in [6.45, 7) is 8.78. The molecular formula is C11H24N2O2S2. The van der Waals surface area contributed by atoms with Crippen LogP contribution < -0.4 is 0 Å². The Bertz CT molecular complexity index is 246. The molecule has 0 saturated heterocycles. The van der Waals surface area contributed by atoms with E-state index in [2.05, 4.69) is 39.1 Å². The van der Waals surface area contributed by atoms with E-state index in [4.69, 9.17) is 0 Å². The van der Waals surface area contributed by atoms with Crippen molar-refractivity contribution in [1.29, 1.82) is 0 Å². The van der Waals surface area contributed by atoms with Crippen LogP contribution in [0, 0.1) is 5.92 Å².